The number of carbonyl (C=O) groups is 2. The summed E-state index contributed by atoms with van der Waals surface area (Å²) < 4.78 is 5.04. The lowest BCUT2D eigenvalue weighted by Crippen LogP contribution is -2.44. The summed E-state index contributed by atoms with van der Waals surface area (Å²) in [5.74, 6) is 0.228. The minimum atomic E-state index is -0.412. The molecule has 0 radical (unpaired) electrons. The first-order chi connectivity index (χ1) is 7.54. The molecule has 5 nitrogen and oxygen atoms in total. The van der Waals surface area contributed by atoms with Crippen LogP contribution in [0.3, 0.4) is 0 Å². The first-order valence-electron chi connectivity index (χ1n) is 5.61. The van der Waals surface area contributed by atoms with E-state index in [2.05, 4.69) is 5.32 Å². The molecule has 16 heavy (non-hydrogen) atoms. The van der Waals surface area contributed by atoms with E-state index < -0.39 is 6.04 Å². The Bertz CT molecular complexity index is 268. The fraction of sp³-hybridized carbons (Fsp3) is 0.818. The molecule has 2 amide bonds. The van der Waals surface area contributed by atoms with Crippen molar-refractivity contribution >= 4 is 11.8 Å². The lowest BCUT2D eigenvalue weighted by atomic mass is 10.1. The van der Waals surface area contributed by atoms with Gasteiger partial charge in [0.15, 0.2) is 0 Å². The number of ether oxygens (including phenoxy) is 1. The fourth-order valence-corrected chi connectivity index (χ4v) is 1.89. The molecule has 1 fully saturated rings. The van der Waals surface area contributed by atoms with Crippen LogP contribution >= 0.6 is 0 Å². The molecule has 2 unspecified atom stereocenters. The highest BCUT2D eigenvalue weighted by Crippen LogP contribution is 2.07. The van der Waals surface area contributed by atoms with E-state index in [-0.39, 0.29) is 17.7 Å². The van der Waals surface area contributed by atoms with E-state index in [0.29, 0.717) is 26.1 Å². The maximum atomic E-state index is 11.9. The minimum Gasteiger partial charge on any atom is -0.384 e. The van der Waals surface area contributed by atoms with Gasteiger partial charge >= 0.3 is 0 Å². The molecule has 0 spiro atoms. The summed E-state index contributed by atoms with van der Waals surface area (Å²) in [5.41, 5.74) is 0. The van der Waals surface area contributed by atoms with Crippen molar-refractivity contribution in [3.8, 4) is 0 Å². The fourth-order valence-electron chi connectivity index (χ4n) is 1.89. The van der Waals surface area contributed by atoms with E-state index in [4.69, 9.17) is 4.74 Å². The van der Waals surface area contributed by atoms with Gasteiger partial charge in [-0.1, -0.05) is 6.92 Å². The lowest BCUT2D eigenvalue weighted by Gasteiger charge is -2.25. The Morgan fingerprint density at radius 2 is 2.25 bits per heavy atom. The number of amides is 2. The van der Waals surface area contributed by atoms with Crippen molar-refractivity contribution in [2.75, 3.05) is 26.8 Å². The van der Waals surface area contributed by atoms with E-state index >= 15 is 0 Å². The van der Waals surface area contributed by atoms with E-state index in [9.17, 15) is 9.59 Å². The van der Waals surface area contributed by atoms with Crippen molar-refractivity contribution in [2.24, 2.45) is 5.92 Å². The topological polar surface area (TPSA) is 58.6 Å². The molecular weight excluding hydrogens is 208 g/mol. The van der Waals surface area contributed by atoms with Gasteiger partial charge in [0.1, 0.15) is 6.04 Å². The summed E-state index contributed by atoms with van der Waals surface area (Å²) in [6, 6.07) is -0.412. The van der Waals surface area contributed by atoms with Crippen LogP contribution in [0.15, 0.2) is 0 Å². The first kappa shape index (κ1) is 13.0. The average Bonchev–Trinajstić information content (AvgIpc) is 2.32. The number of nitrogens with zero attached hydrogens (tertiary/aromatic N) is 1. The largest absolute Gasteiger partial charge is 0.384 e. The van der Waals surface area contributed by atoms with Crippen LogP contribution in [0.1, 0.15) is 20.3 Å². The average molecular weight is 228 g/mol. The van der Waals surface area contributed by atoms with Crippen molar-refractivity contribution in [2.45, 2.75) is 26.3 Å². The van der Waals surface area contributed by atoms with Crippen molar-refractivity contribution < 1.29 is 14.3 Å². The molecule has 0 aromatic heterocycles. The summed E-state index contributed by atoms with van der Waals surface area (Å²) in [7, 11) is 1.65. The van der Waals surface area contributed by atoms with Crippen molar-refractivity contribution in [1.82, 2.24) is 10.2 Å². The van der Waals surface area contributed by atoms with Crippen molar-refractivity contribution in [3.05, 3.63) is 0 Å². The van der Waals surface area contributed by atoms with Gasteiger partial charge in [-0.05, 0) is 12.8 Å². The molecule has 1 rings (SSSR count). The molecule has 0 saturated carbocycles. The van der Waals surface area contributed by atoms with Crippen LogP contribution in [-0.4, -0.2) is 49.6 Å². The number of methoxy groups -OCH3 is 1. The number of carbonyl (C=O) groups excluding carboxylic acids is 2. The molecule has 0 aliphatic carbocycles. The molecule has 92 valence electrons. The smallest absolute Gasteiger partial charge is 0.244 e. The zero-order valence-corrected chi connectivity index (χ0v) is 10.2. The van der Waals surface area contributed by atoms with Crippen LogP contribution in [0.5, 0.6) is 0 Å². The van der Waals surface area contributed by atoms with Crippen LogP contribution in [-0.2, 0) is 14.3 Å². The second-order valence-electron chi connectivity index (χ2n) is 4.38. The third-order valence-electron chi connectivity index (χ3n) is 2.65. The van der Waals surface area contributed by atoms with E-state index in [1.54, 1.807) is 18.9 Å². The third kappa shape index (κ3) is 3.48. The van der Waals surface area contributed by atoms with Crippen LogP contribution in [0, 0.1) is 5.92 Å². The monoisotopic (exact) mass is 228 g/mol. The van der Waals surface area contributed by atoms with Gasteiger partial charge in [-0.3, -0.25) is 9.59 Å². The van der Waals surface area contributed by atoms with Crippen LogP contribution in [0.25, 0.3) is 0 Å². The van der Waals surface area contributed by atoms with Gasteiger partial charge in [0.05, 0.1) is 6.61 Å². The zero-order chi connectivity index (χ0) is 12.1. The molecule has 2 atom stereocenters. The lowest BCUT2D eigenvalue weighted by molar-refractivity contribution is -0.133. The van der Waals surface area contributed by atoms with E-state index in [0.717, 1.165) is 0 Å². The van der Waals surface area contributed by atoms with Crippen molar-refractivity contribution in [3.63, 3.8) is 0 Å². The summed E-state index contributed by atoms with van der Waals surface area (Å²) in [5, 5.41) is 2.67. The summed E-state index contributed by atoms with van der Waals surface area (Å²) in [4.78, 5) is 24.9. The Labute approximate surface area is 96.1 Å². The van der Waals surface area contributed by atoms with Gasteiger partial charge in [-0.2, -0.15) is 0 Å². The van der Waals surface area contributed by atoms with Gasteiger partial charge < -0.3 is 15.0 Å². The summed E-state index contributed by atoms with van der Waals surface area (Å²) >= 11 is 0. The minimum absolute atomic E-state index is 0.00574. The normalized spacial score (nSPS) is 23.9. The Morgan fingerprint density at radius 1 is 1.56 bits per heavy atom. The maximum Gasteiger partial charge on any atom is 0.244 e. The highest BCUT2D eigenvalue weighted by molar-refractivity contribution is 5.89. The molecule has 1 heterocycles. The summed E-state index contributed by atoms with van der Waals surface area (Å²) in [6.45, 7) is 5.52. The molecule has 1 N–H and O–H groups in total. The summed E-state index contributed by atoms with van der Waals surface area (Å²) in [6.07, 6.45) is 0.385. The molecule has 0 aromatic rings. The van der Waals surface area contributed by atoms with Gasteiger partial charge in [0.25, 0.3) is 0 Å². The Kier molecular flexibility index (Phi) is 4.73. The van der Waals surface area contributed by atoms with E-state index in [1.165, 1.54) is 0 Å². The molecule has 0 aromatic carbocycles. The van der Waals surface area contributed by atoms with E-state index in [1.807, 2.05) is 6.92 Å². The zero-order valence-electron chi connectivity index (χ0n) is 10.2. The molecular formula is C11H20N2O3. The van der Waals surface area contributed by atoms with Gasteiger partial charge in [0, 0.05) is 26.6 Å². The first-order valence-corrected chi connectivity index (χ1v) is 5.61. The number of hydrogen-bond acceptors (Lipinski definition) is 3. The number of hydrogen-bond donors (Lipinski definition) is 1. The van der Waals surface area contributed by atoms with Gasteiger partial charge in [0.2, 0.25) is 11.8 Å². The SMILES string of the molecule is COCC(C)CN1CCC(=O)NC(C)C1=O. The van der Waals surface area contributed by atoms with Crippen LogP contribution in [0.2, 0.25) is 0 Å². The molecule has 0 bridgehead atoms. The predicted octanol–water partition coefficient (Wildman–Crippen LogP) is 0.00590. The number of rotatable bonds is 4. The second-order valence-corrected chi connectivity index (χ2v) is 4.38. The maximum absolute atomic E-state index is 11.9. The molecule has 1 aliphatic heterocycles. The van der Waals surface area contributed by atoms with Gasteiger partial charge in [-0.25, -0.2) is 0 Å². The predicted molar refractivity (Wildman–Crippen MR) is 59.8 cm³/mol. The van der Waals surface area contributed by atoms with Crippen LogP contribution in [0.4, 0.5) is 0 Å². The highest BCUT2D eigenvalue weighted by atomic mass is 16.5. The second kappa shape index (κ2) is 5.84. The van der Waals surface area contributed by atoms with Gasteiger partial charge in [-0.15, -0.1) is 0 Å². The molecule has 5 heteroatoms. The molecule has 1 saturated heterocycles. The molecule has 1 aliphatic rings. The quantitative estimate of drug-likeness (QED) is 0.737. The Hall–Kier alpha value is -1.10. The Balaban J connectivity index is 2.57. The number of nitrogens with one attached hydrogen (secondary N) is 1. The van der Waals surface area contributed by atoms with Crippen molar-refractivity contribution in [1.29, 1.82) is 0 Å². The standard InChI is InChI=1S/C11H20N2O3/c1-8(7-16-3)6-13-5-4-10(14)12-9(2)11(13)15/h8-9H,4-7H2,1-3H3,(H,12,14). The third-order valence-corrected chi connectivity index (χ3v) is 2.65. The van der Waals surface area contributed by atoms with Crippen LogP contribution < -0.4 is 5.32 Å². The highest BCUT2D eigenvalue weighted by Gasteiger charge is 2.27. The Morgan fingerprint density at radius 3 is 2.88 bits per heavy atom.